The number of anilines is 1. The van der Waals surface area contributed by atoms with Crippen LogP contribution in [0.3, 0.4) is 0 Å². The van der Waals surface area contributed by atoms with Gasteiger partial charge < -0.3 is 9.73 Å². The van der Waals surface area contributed by atoms with Crippen LogP contribution in [0.2, 0.25) is 0 Å². The van der Waals surface area contributed by atoms with Crippen LogP contribution in [-0.4, -0.2) is 16.1 Å². The Kier molecular flexibility index (Phi) is 3.23. The van der Waals surface area contributed by atoms with Gasteiger partial charge in [0, 0.05) is 10.9 Å². The molecule has 102 valence electrons. The number of hydrogen-bond acceptors (Lipinski definition) is 5. The van der Waals surface area contributed by atoms with E-state index in [1.807, 2.05) is 32.0 Å². The zero-order chi connectivity index (χ0) is 14.1. The Morgan fingerprint density at radius 3 is 2.95 bits per heavy atom. The predicted molar refractivity (Wildman–Crippen MR) is 77.9 cm³/mol. The first-order valence-corrected chi connectivity index (χ1v) is 7.00. The highest BCUT2D eigenvalue weighted by atomic mass is 32.1. The van der Waals surface area contributed by atoms with Crippen LogP contribution in [0.1, 0.15) is 16.1 Å². The maximum Gasteiger partial charge on any atom is 0.230 e. The summed E-state index contributed by atoms with van der Waals surface area (Å²) in [4.78, 5) is 12.0. The van der Waals surface area contributed by atoms with Gasteiger partial charge in [-0.25, -0.2) is 0 Å². The molecule has 20 heavy (non-hydrogen) atoms. The Morgan fingerprint density at radius 2 is 2.20 bits per heavy atom. The first-order chi connectivity index (χ1) is 9.61. The number of amides is 1. The molecule has 0 fully saturated rings. The smallest absolute Gasteiger partial charge is 0.230 e. The maximum absolute atomic E-state index is 12.0. The highest BCUT2D eigenvalue weighted by Crippen LogP contribution is 2.23. The number of rotatable bonds is 3. The van der Waals surface area contributed by atoms with Crippen molar-refractivity contribution in [1.82, 2.24) is 10.2 Å². The lowest BCUT2D eigenvalue weighted by Crippen LogP contribution is -2.13. The maximum atomic E-state index is 12.0. The van der Waals surface area contributed by atoms with Crippen molar-refractivity contribution in [2.75, 3.05) is 5.32 Å². The first-order valence-electron chi connectivity index (χ1n) is 6.18. The first kappa shape index (κ1) is 12.8. The van der Waals surface area contributed by atoms with E-state index >= 15 is 0 Å². The van der Waals surface area contributed by atoms with Crippen molar-refractivity contribution in [3.8, 4) is 0 Å². The summed E-state index contributed by atoms with van der Waals surface area (Å²) in [5.74, 6) is -0.121. The second kappa shape index (κ2) is 5.05. The van der Waals surface area contributed by atoms with Crippen molar-refractivity contribution in [3.63, 3.8) is 0 Å². The third-order valence-electron chi connectivity index (χ3n) is 2.93. The Balaban J connectivity index is 1.77. The average Bonchev–Trinajstić information content (AvgIpc) is 2.96. The monoisotopic (exact) mass is 287 g/mol. The van der Waals surface area contributed by atoms with Crippen LogP contribution in [0.4, 0.5) is 5.13 Å². The number of fused-ring (bicyclic) bond motifs is 1. The van der Waals surface area contributed by atoms with Gasteiger partial charge in [-0.15, -0.1) is 10.2 Å². The van der Waals surface area contributed by atoms with Crippen molar-refractivity contribution < 1.29 is 9.21 Å². The molecule has 0 saturated heterocycles. The standard InChI is InChI=1S/C14H13N3O2S/c1-8-3-4-11-10(7-19-12(11)5-8)6-13(18)15-14-17-16-9(2)20-14/h3-5,7H,6H2,1-2H3,(H,15,17,18). The molecule has 0 aliphatic heterocycles. The van der Waals surface area contributed by atoms with E-state index in [-0.39, 0.29) is 12.3 Å². The number of carbonyl (C=O) groups is 1. The normalized spacial score (nSPS) is 10.9. The van der Waals surface area contributed by atoms with Crippen molar-refractivity contribution in [3.05, 3.63) is 40.6 Å². The molecule has 0 saturated carbocycles. The Labute approximate surface area is 119 Å². The summed E-state index contributed by atoms with van der Waals surface area (Å²) in [7, 11) is 0. The number of benzene rings is 1. The molecule has 0 unspecified atom stereocenters. The van der Waals surface area contributed by atoms with E-state index in [1.54, 1.807) is 6.26 Å². The third kappa shape index (κ3) is 2.55. The molecule has 1 aromatic carbocycles. The van der Waals surface area contributed by atoms with Gasteiger partial charge in [0.2, 0.25) is 11.0 Å². The molecule has 3 aromatic rings. The van der Waals surface area contributed by atoms with Crippen molar-refractivity contribution >= 4 is 33.3 Å². The Morgan fingerprint density at radius 1 is 1.35 bits per heavy atom. The van der Waals surface area contributed by atoms with Gasteiger partial charge >= 0.3 is 0 Å². The zero-order valence-electron chi connectivity index (χ0n) is 11.1. The molecule has 0 aliphatic carbocycles. The molecule has 3 rings (SSSR count). The fourth-order valence-corrected chi connectivity index (χ4v) is 2.62. The molecule has 6 heteroatoms. The minimum Gasteiger partial charge on any atom is -0.464 e. The van der Waals surface area contributed by atoms with Crippen molar-refractivity contribution in [2.45, 2.75) is 20.3 Å². The topological polar surface area (TPSA) is 68.0 Å². The second-order valence-electron chi connectivity index (χ2n) is 4.61. The van der Waals surface area contributed by atoms with Crippen molar-refractivity contribution in [2.24, 2.45) is 0 Å². The number of furan rings is 1. The lowest BCUT2D eigenvalue weighted by atomic mass is 10.1. The minimum absolute atomic E-state index is 0.121. The van der Waals surface area contributed by atoms with E-state index in [2.05, 4.69) is 15.5 Å². The number of aromatic nitrogens is 2. The summed E-state index contributed by atoms with van der Waals surface area (Å²) in [5.41, 5.74) is 2.81. The molecular formula is C14H13N3O2S. The highest BCUT2D eigenvalue weighted by Gasteiger charge is 2.12. The van der Waals surface area contributed by atoms with Crippen LogP contribution in [0.15, 0.2) is 28.9 Å². The number of carbonyl (C=O) groups excluding carboxylic acids is 1. The summed E-state index contributed by atoms with van der Waals surface area (Å²) < 4.78 is 5.48. The average molecular weight is 287 g/mol. The quantitative estimate of drug-likeness (QED) is 0.803. The third-order valence-corrected chi connectivity index (χ3v) is 3.69. The molecule has 0 radical (unpaired) electrons. The van der Waals surface area contributed by atoms with Crippen molar-refractivity contribution in [1.29, 1.82) is 0 Å². The van der Waals surface area contributed by atoms with Crippen LogP contribution in [0, 0.1) is 13.8 Å². The van der Waals surface area contributed by atoms with Gasteiger partial charge in [0.05, 0.1) is 12.7 Å². The number of nitrogens with zero attached hydrogens (tertiary/aromatic N) is 2. The van der Waals surface area contributed by atoms with E-state index in [0.29, 0.717) is 5.13 Å². The fraction of sp³-hybridized carbons (Fsp3) is 0.214. The van der Waals surface area contributed by atoms with E-state index < -0.39 is 0 Å². The van der Waals surface area contributed by atoms with Crippen LogP contribution < -0.4 is 5.32 Å². The van der Waals surface area contributed by atoms with E-state index in [4.69, 9.17) is 4.42 Å². The molecule has 2 heterocycles. The van der Waals surface area contributed by atoms with Crippen LogP contribution in [-0.2, 0) is 11.2 Å². The number of nitrogens with one attached hydrogen (secondary N) is 1. The van der Waals surface area contributed by atoms with Gasteiger partial charge in [-0.3, -0.25) is 4.79 Å². The van der Waals surface area contributed by atoms with E-state index in [9.17, 15) is 4.79 Å². The fourth-order valence-electron chi connectivity index (χ4n) is 2.01. The zero-order valence-corrected chi connectivity index (χ0v) is 12.0. The Hall–Kier alpha value is -2.21. The Bertz CT molecular complexity index is 776. The largest absolute Gasteiger partial charge is 0.464 e. The lowest BCUT2D eigenvalue weighted by molar-refractivity contribution is -0.115. The molecule has 0 spiro atoms. The molecule has 0 bridgehead atoms. The van der Waals surface area contributed by atoms with Gasteiger partial charge in [0.15, 0.2) is 0 Å². The van der Waals surface area contributed by atoms with E-state index in [1.165, 1.54) is 11.3 Å². The number of aryl methyl sites for hydroxylation is 2. The van der Waals surface area contributed by atoms with Gasteiger partial charge in [-0.1, -0.05) is 23.5 Å². The van der Waals surface area contributed by atoms with Gasteiger partial charge in [0.25, 0.3) is 0 Å². The van der Waals surface area contributed by atoms with Gasteiger partial charge in [-0.2, -0.15) is 0 Å². The summed E-state index contributed by atoms with van der Waals surface area (Å²) in [6, 6.07) is 5.95. The summed E-state index contributed by atoms with van der Waals surface area (Å²) in [5, 5.41) is 12.8. The molecule has 5 nitrogen and oxygen atoms in total. The molecule has 0 atom stereocenters. The van der Waals surface area contributed by atoms with Crippen LogP contribution in [0.5, 0.6) is 0 Å². The SMILES string of the molecule is Cc1ccc2c(CC(=O)Nc3nnc(C)s3)coc2c1. The van der Waals surface area contributed by atoms with Crippen LogP contribution >= 0.6 is 11.3 Å². The summed E-state index contributed by atoms with van der Waals surface area (Å²) in [6.07, 6.45) is 1.89. The second-order valence-corrected chi connectivity index (χ2v) is 5.79. The summed E-state index contributed by atoms with van der Waals surface area (Å²) >= 11 is 1.36. The minimum atomic E-state index is -0.121. The van der Waals surface area contributed by atoms with Crippen LogP contribution in [0.25, 0.3) is 11.0 Å². The van der Waals surface area contributed by atoms with E-state index in [0.717, 1.165) is 27.1 Å². The van der Waals surface area contributed by atoms with Gasteiger partial charge in [0.1, 0.15) is 10.6 Å². The summed E-state index contributed by atoms with van der Waals surface area (Å²) in [6.45, 7) is 3.85. The molecule has 2 aromatic heterocycles. The molecule has 1 amide bonds. The molecule has 0 aliphatic rings. The van der Waals surface area contributed by atoms with Gasteiger partial charge in [-0.05, 0) is 25.5 Å². The lowest BCUT2D eigenvalue weighted by Gasteiger charge is -1.99. The number of hydrogen-bond donors (Lipinski definition) is 1. The predicted octanol–water partition coefficient (Wildman–Crippen LogP) is 3.08. The highest BCUT2D eigenvalue weighted by molar-refractivity contribution is 7.15. The molecule has 1 N–H and O–H groups in total. The molecular weight excluding hydrogens is 274 g/mol.